The van der Waals surface area contributed by atoms with Gasteiger partial charge in [-0.15, -0.1) is 0 Å². The Labute approximate surface area is 237 Å². The number of pyridine rings is 1. The highest BCUT2D eigenvalue weighted by molar-refractivity contribution is 6.22. The largest absolute Gasteiger partial charge is 0.486 e. The Kier molecular flexibility index (Phi) is 8.12. The van der Waals surface area contributed by atoms with Gasteiger partial charge in [0.2, 0.25) is 23.6 Å². The van der Waals surface area contributed by atoms with Gasteiger partial charge in [-0.05, 0) is 6.07 Å². The summed E-state index contributed by atoms with van der Waals surface area (Å²) in [4.78, 5) is 74.9. The van der Waals surface area contributed by atoms with Gasteiger partial charge in [-0.3, -0.25) is 24.6 Å². The van der Waals surface area contributed by atoms with Gasteiger partial charge in [-0.2, -0.15) is 4.99 Å². The molecule has 0 fully saturated rings. The lowest BCUT2D eigenvalue weighted by Crippen LogP contribution is -2.16. The lowest BCUT2D eigenvalue weighted by Gasteiger charge is -2.16. The molecular weight excluding hydrogens is 550 g/mol. The smallest absolute Gasteiger partial charge is 0.265 e. The number of rotatable bonds is 7. The van der Waals surface area contributed by atoms with Gasteiger partial charge in [0.05, 0.1) is 12.8 Å². The number of fused-ring (bicyclic) bond motifs is 6. The second kappa shape index (κ2) is 11.7. The van der Waals surface area contributed by atoms with Gasteiger partial charge in [0.1, 0.15) is 27.6 Å². The second-order valence-corrected chi connectivity index (χ2v) is 8.80. The number of hydrogen-bond acceptors (Lipinski definition) is 13. The fraction of sp³-hybridized carbons (Fsp3) is 0.240. The third kappa shape index (κ3) is 6.14. The van der Waals surface area contributed by atoms with Gasteiger partial charge in [0.15, 0.2) is 35.6 Å². The standard InChI is InChI=1S/C25H25N11O6/c1-9(26)42-25-24(31-13(5)40)35-20-18-16(33-22(29-11(3)38)23(34-18)30-12(4)39)14-7-15(28-10(2)37)21(27-8-41-6)32-17(14)19(20)36-25/h7-8,26H,1-6H3,(H,28,37)(H,29,33,38)(H,30,34,39)(H,31,35,40)/b26-9?,27-8+. The maximum atomic E-state index is 12.0. The second-order valence-electron chi connectivity index (χ2n) is 8.80. The van der Waals surface area contributed by atoms with E-state index < -0.39 is 23.6 Å². The number of carbonyl (C=O) groups excluding carboxylic acids is 4. The third-order valence-electron chi connectivity index (χ3n) is 5.19. The molecule has 0 atom stereocenters. The van der Waals surface area contributed by atoms with Crippen LogP contribution in [-0.2, 0) is 23.9 Å². The number of benzene rings is 1. The highest BCUT2D eigenvalue weighted by atomic mass is 16.5. The van der Waals surface area contributed by atoms with Crippen LogP contribution in [0.1, 0.15) is 34.6 Å². The van der Waals surface area contributed by atoms with Crippen molar-refractivity contribution in [2.24, 2.45) is 4.99 Å². The molecule has 0 spiro atoms. The summed E-state index contributed by atoms with van der Waals surface area (Å²) in [6.45, 7) is 6.44. The molecule has 0 aliphatic carbocycles. The highest BCUT2D eigenvalue weighted by Crippen LogP contribution is 2.39. The van der Waals surface area contributed by atoms with E-state index in [1.54, 1.807) is 0 Å². The van der Waals surface area contributed by atoms with Crippen molar-refractivity contribution in [2.75, 3.05) is 28.4 Å². The van der Waals surface area contributed by atoms with Crippen LogP contribution in [0.5, 0.6) is 5.88 Å². The number of aromatic nitrogens is 5. The lowest BCUT2D eigenvalue weighted by atomic mass is 10.1. The van der Waals surface area contributed by atoms with Crippen molar-refractivity contribution in [2.45, 2.75) is 34.6 Å². The van der Waals surface area contributed by atoms with E-state index in [-0.39, 0.29) is 68.3 Å². The van der Waals surface area contributed by atoms with Crippen LogP contribution >= 0.6 is 0 Å². The van der Waals surface area contributed by atoms with Crippen molar-refractivity contribution in [3.8, 4) is 5.88 Å². The summed E-state index contributed by atoms with van der Waals surface area (Å²) in [7, 11) is 1.38. The minimum atomic E-state index is -0.492. The molecule has 3 aromatic heterocycles. The quantitative estimate of drug-likeness (QED) is 0.122. The Morgan fingerprint density at radius 1 is 0.714 bits per heavy atom. The van der Waals surface area contributed by atoms with Crippen molar-refractivity contribution in [3.63, 3.8) is 0 Å². The normalized spacial score (nSPS) is 11.0. The monoisotopic (exact) mass is 575 g/mol. The molecule has 0 saturated heterocycles. The van der Waals surface area contributed by atoms with Crippen molar-refractivity contribution < 1.29 is 28.7 Å². The van der Waals surface area contributed by atoms with E-state index >= 15 is 0 Å². The SMILES string of the molecule is CO/C=N/c1nc2c(cc1NC(C)=O)c1nc(NC(C)=O)c(NC(C)=O)nc1c1nc(NC(C)=O)c(OC(C)=N)nc21. The van der Waals surface area contributed by atoms with Crippen LogP contribution in [0.3, 0.4) is 0 Å². The molecule has 5 N–H and O–H groups in total. The fourth-order valence-electron chi connectivity index (χ4n) is 3.86. The number of nitrogens with one attached hydrogen (secondary N) is 5. The molecule has 4 aromatic rings. The number of carbonyl (C=O) groups is 4. The summed E-state index contributed by atoms with van der Waals surface area (Å²) in [6.07, 6.45) is 1.12. The first kappa shape index (κ1) is 29.1. The molecule has 17 nitrogen and oxygen atoms in total. The van der Waals surface area contributed by atoms with E-state index in [0.29, 0.717) is 5.39 Å². The predicted molar refractivity (Wildman–Crippen MR) is 154 cm³/mol. The van der Waals surface area contributed by atoms with Crippen molar-refractivity contribution in [1.29, 1.82) is 5.41 Å². The molecule has 0 unspecified atom stereocenters. The molecule has 0 aliphatic rings. The number of aliphatic imine (C=N–C) groups is 1. The van der Waals surface area contributed by atoms with Crippen molar-refractivity contribution >= 4 is 97.9 Å². The number of anilines is 4. The van der Waals surface area contributed by atoms with Crippen LogP contribution in [-0.4, -0.2) is 68.0 Å². The van der Waals surface area contributed by atoms with Crippen LogP contribution in [0.15, 0.2) is 11.1 Å². The fourth-order valence-corrected chi connectivity index (χ4v) is 3.86. The van der Waals surface area contributed by atoms with Crippen molar-refractivity contribution in [3.05, 3.63) is 6.07 Å². The van der Waals surface area contributed by atoms with Gasteiger partial charge in [0.25, 0.3) is 5.88 Å². The van der Waals surface area contributed by atoms with Gasteiger partial charge >= 0.3 is 0 Å². The Morgan fingerprint density at radius 2 is 1.19 bits per heavy atom. The Hall–Kier alpha value is -5.87. The average Bonchev–Trinajstić information content (AvgIpc) is 2.87. The van der Waals surface area contributed by atoms with Gasteiger partial charge < -0.3 is 30.7 Å². The maximum absolute atomic E-state index is 12.0. The summed E-state index contributed by atoms with van der Waals surface area (Å²) < 4.78 is 10.4. The van der Waals surface area contributed by atoms with E-state index in [2.05, 4.69) is 51.2 Å². The topological polar surface area (TPSA) is 236 Å². The molecule has 3 heterocycles. The number of methoxy groups -OCH3 is 1. The van der Waals surface area contributed by atoms with E-state index in [9.17, 15) is 19.2 Å². The van der Waals surface area contributed by atoms with Crippen LogP contribution in [0.4, 0.5) is 29.0 Å². The maximum Gasteiger partial charge on any atom is 0.265 e. The highest BCUT2D eigenvalue weighted by Gasteiger charge is 2.24. The molecule has 0 aliphatic heterocycles. The average molecular weight is 576 g/mol. The van der Waals surface area contributed by atoms with Gasteiger partial charge in [-0.25, -0.2) is 24.9 Å². The first-order chi connectivity index (χ1) is 19.9. The predicted octanol–water partition coefficient (Wildman–Crippen LogP) is 2.64. The van der Waals surface area contributed by atoms with Crippen molar-refractivity contribution in [1.82, 2.24) is 24.9 Å². The van der Waals surface area contributed by atoms with Crippen LogP contribution < -0.4 is 26.0 Å². The zero-order chi connectivity index (χ0) is 30.7. The molecule has 4 amide bonds. The van der Waals surface area contributed by atoms with E-state index in [0.717, 1.165) is 6.40 Å². The van der Waals surface area contributed by atoms with Crippen LogP contribution in [0.2, 0.25) is 0 Å². The van der Waals surface area contributed by atoms with Crippen LogP contribution in [0, 0.1) is 5.41 Å². The van der Waals surface area contributed by atoms with E-state index in [4.69, 9.17) is 14.9 Å². The molecule has 42 heavy (non-hydrogen) atoms. The van der Waals surface area contributed by atoms with Crippen LogP contribution in [0.25, 0.3) is 33.0 Å². The molecule has 4 rings (SSSR count). The Balaban J connectivity index is 2.27. The van der Waals surface area contributed by atoms with Gasteiger partial charge in [0, 0.05) is 40.0 Å². The minimum Gasteiger partial charge on any atom is -0.486 e. The van der Waals surface area contributed by atoms with E-state index in [1.165, 1.54) is 47.8 Å². The summed E-state index contributed by atoms with van der Waals surface area (Å²) in [6, 6.07) is 1.53. The molecule has 0 saturated carbocycles. The number of nitrogens with zero attached hydrogens (tertiary/aromatic N) is 6. The first-order valence-electron chi connectivity index (χ1n) is 12.2. The summed E-state index contributed by atoms with van der Waals surface area (Å²) >= 11 is 0. The molecule has 0 bridgehead atoms. The molecule has 17 heteroatoms. The minimum absolute atomic E-state index is 0.0450. The molecule has 1 aromatic carbocycles. The Bertz CT molecular complexity index is 1800. The summed E-state index contributed by atoms with van der Waals surface area (Å²) in [5.74, 6) is -2.54. The van der Waals surface area contributed by atoms with Gasteiger partial charge in [-0.1, -0.05) is 0 Å². The molecule has 0 radical (unpaired) electrons. The summed E-state index contributed by atoms with van der Waals surface area (Å²) in [5.41, 5.74) is 0.771. The first-order valence-corrected chi connectivity index (χ1v) is 12.2. The third-order valence-corrected chi connectivity index (χ3v) is 5.19. The number of ether oxygens (including phenoxy) is 2. The number of amides is 4. The van der Waals surface area contributed by atoms with E-state index in [1.807, 2.05) is 0 Å². The lowest BCUT2D eigenvalue weighted by molar-refractivity contribution is -0.115. The molecular formula is C25H25N11O6. The zero-order valence-corrected chi connectivity index (χ0v) is 23.3. The molecule has 216 valence electrons. The Morgan fingerprint density at radius 3 is 1.74 bits per heavy atom. The summed E-state index contributed by atoms with van der Waals surface area (Å²) in [5, 5.41) is 18.4. The number of hydrogen-bond donors (Lipinski definition) is 5. The zero-order valence-electron chi connectivity index (χ0n) is 23.3.